The van der Waals surface area contributed by atoms with E-state index >= 15 is 0 Å². The monoisotopic (exact) mass is 1230 g/mol. The van der Waals surface area contributed by atoms with Crippen LogP contribution in [0.15, 0.2) is 190 Å². The number of halogens is 7. The van der Waals surface area contributed by atoms with Gasteiger partial charge in [0, 0.05) is 16.7 Å². The highest BCUT2D eigenvalue weighted by molar-refractivity contribution is 7.87. The summed E-state index contributed by atoms with van der Waals surface area (Å²) in [6.45, 7) is 1.75. The summed E-state index contributed by atoms with van der Waals surface area (Å²) in [4.78, 5) is 40.4. The minimum absolute atomic E-state index is 0.0437. The first-order valence-electron chi connectivity index (χ1n) is 24.2. The predicted molar refractivity (Wildman–Crippen MR) is 286 cm³/mol. The van der Waals surface area contributed by atoms with Crippen molar-refractivity contribution in [1.82, 2.24) is 13.7 Å². The third-order valence-corrected chi connectivity index (χ3v) is 15.0. The van der Waals surface area contributed by atoms with Gasteiger partial charge in [0.15, 0.2) is 11.4 Å². The smallest absolute Gasteiger partial charge is 0.437 e. The fraction of sp³-hybridized carbons (Fsp3) is 0.208. The first kappa shape index (κ1) is 62.5. The van der Waals surface area contributed by atoms with Crippen LogP contribution in [0.5, 0.6) is 17.2 Å². The van der Waals surface area contributed by atoms with Crippen LogP contribution in [0.2, 0.25) is 0 Å². The van der Waals surface area contributed by atoms with Crippen molar-refractivity contribution in [2.24, 2.45) is 15.5 Å². The number of rotatable bonds is 24. The molecule has 0 amide bonds. The van der Waals surface area contributed by atoms with E-state index in [2.05, 4.69) is 28.3 Å². The Hall–Kier alpha value is -9.10. The molecule has 0 aliphatic rings. The minimum Gasteiger partial charge on any atom is -0.492 e. The maximum absolute atomic E-state index is 14.9. The van der Waals surface area contributed by atoms with Crippen molar-refractivity contribution >= 4 is 47.7 Å². The molecule has 0 saturated carbocycles. The predicted octanol–water partition coefficient (Wildman–Crippen LogP) is 7.71. The van der Waals surface area contributed by atoms with Crippen LogP contribution in [-0.4, -0.2) is 88.5 Å². The topological polar surface area (TPSA) is 261 Å². The van der Waals surface area contributed by atoms with Gasteiger partial charge in [-0.1, -0.05) is 63.4 Å². The van der Waals surface area contributed by atoms with Crippen molar-refractivity contribution in [3.8, 4) is 17.2 Å². The summed E-state index contributed by atoms with van der Waals surface area (Å²) in [5.41, 5.74) is -6.50. The Kier molecular flexibility index (Phi) is 19.3. The Bertz CT molecular complexity index is 3930. The summed E-state index contributed by atoms with van der Waals surface area (Å²) in [5, 5.41) is 8.87. The van der Waals surface area contributed by atoms with Crippen molar-refractivity contribution in [2.75, 3.05) is 19.8 Å². The molecule has 0 fully saturated rings. The Morgan fingerprint density at radius 2 is 0.643 bits per heavy atom. The maximum atomic E-state index is 14.9. The zero-order valence-electron chi connectivity index (χ0n) is 43.8. The molecule has 0 radical (unpaired) electrons. The molecule has 1 aromatic heterocycles. The third-order valence-electron chi connectivity index (χ3n) is 11.6. The molecule has 7 rings (SSSR count). The highest BCUT2D eigenvalue weighted by Gasteiger charge is 2.40. The van der Waals surface area contributed by atoms with E-state index in [4.69, 9.17) is 14.2 Å². The van der Waals surface area contributed by atoms with Gasteiger partial charge in [-0.05, 0) is 135 Å². The highest BCUT2D eigenvalue weighted by atomic mass is 32.2. The number of alkyl halides is 6. The number of nitrogens with zero attached hydrogens (tertiary/aromatic N) is 6. The van der Waals surface area contributed by atoms with Crippen LogP contribution in [0.1, 0.15) is 33.4 Å². The molecular formula is C53H45F7N6O15S3. The summed E-state index contributed by atoms with van der Waals surface area (Å²) in [5.74, 6) is -1.52. The largest absolute Gasteiger partial charge is 0.492 e. The van der Waals surface area contributed by atoms with Gasteiger partial charge in [-0.25, -0.2) is 28.1 Å². The molecule has 84 heavy (non-hydrogen) atoms. The number of oxime groups is 3. The maximum Gasteiger partial charge on any atom is 0.437 e. The Labute approximate surface area is 473 Å². The second-order valence-electron chi connectivity index (χ2n) is 17.7. The molecule has 444 valence electrons. The molecule has 31 heteroatoms. The molecular weight excluding hydrogens is 1190 g/mol. The van der Waals surface area contributed by atoms with Crippen LogP contribution in [0.3, 0.4) is 0 Å². The SMILES string of the molecule is Cc1ccc(S(=O)(=O)ON=C(F)c2ccc(OCCn3c(=O)n(CCOc4ccc(C(=NOS(=O)(=O)c5ccc(C)cc5)C(F)(F)F)cc4)c(=O)n(CCOc4ccc(C(=NOS(=O)(=O)c5ccc(C)cc5)C(F)(F)F)cc4)c3=O)cc2)cc1. The first-order chi connectivity index (χ1) is 39.5. The van der Waals surface area contributed by atoms with Gasteiger partial charge >= 0.3 is 59.8 Å². The lowest BCUT2D eigenvalue weighted by Crippen LogP contribution is -2.55. The number of aromatic nitrogens is 3. The Morgan fingerprint density at radius 3 is 0.905 bits per heavy atom. The Morgan fingerprint density at radius 1 is 0.393 bits per heavy atom. The summed E-state index contributed by atoms with van der Waals surface area (Å²) in [6.07, 6.45) is -10.4. The minimum atomic E-state index is -5.22. The summed E-state index contributed by atoms with van der Waals surface area (Å²) >= 11 is 0. The molecule has 0 unspecified atom stereocenters. The summed E-state index contributed by atoms with van der Waals surface area (Å²) < 4.78 is 207. The van der Waals surface area contributed by atoms with E-state index in [1.54, 1.807) is 20.8 Å². The second kappa shape index (κ2) is 26.0. The van der Waals surface area contributed by atoms with Gasteiger partial charge < -0.3 is 14.2 Å². The van der Waals surface area contributed by atoms with Crippen LogP contribution in [-0.2, 0) is 62.8 Å². The molecule has 0 atom stereocenters. The summed E-state index contributed by atoms with van der Waals surface area (Å²) in [6, 6.07) is 28.0. The molecule has 0 aliphatic carbocycles. The van der Waals surface area contributed by atoms with Gasteiger partial charge in [-0.2, -0.15) is 56.0 Å². The van der Waals surface area contributed by atoms with E-state index in [-0.39, 0.29) is 27.7 Å². The fourth-order valence-electron chi connectivity index (χ4n) is 7.21. The van der Waals surface area contributed by atoms with E-state index in [0.29, 0.717) is 24.8 Å². The van der Waals surface area contributed by atoms with Crippen molar-refractivity contribution in [3.63, 3.8) is 0 Å². The molecule has 6 aromatic carbocycles. The normalized spacial score (nSPS) is 12.9. The fourth-order valence-corrected chi connectivity index (χ4v) is 9.39. The average Bonchev–Trinajstić information content (AvgIpc) is 3.63. The zero-order chi connectivity index (χ0) is 61.2. The molecule has 0 N–H and O–H groups in total. The first-order valence-corrected chi connectivity index (χ1v) is 28.4. The van der Waals surface area contributed by atoms with Crippen molar-refractivity contribution in [1.29, 1.82) is 0 Å². The number of benzene rings is 6. The Balaban J connectivity index is 1.07. The lowest BCUT2D eigenvalue weighted by atomic mass is 10.1. The van der Waals surface area contributed by atoms with Crippen LogP contribution < -0.4 is 31.3 Å². The van der Waals surface area contributed by atoms with E-state index in [1.807, 2.05) is 0 Å². The van der Waals surface area contributed by atoms with Crippen LogP contribution in [0, 0.1) is 20.8 Å². The number of hydrogen-bond donors (Lipinski definition) is 0. The summed E-state index contributed by atoms with van der Waals surface area (Å²) in [7, 11) is -14.0. The van der Waals surface area contributed by atoms with E-state index < -0.39 is 138 Å². The molecule has 1 heterocycles. The second-order valence-corrected chi connectivity index (χ2v) is 22.3. The third kappa shape index (κ3) is 16.1. The quantitative estimate of drug-likeness (QED) is 0.0319. The molecule has 7 aromatic rings. The van der Waals surface area contributed by atoms with Gasteiger partial charge in [0.25, 0.3) is 5.97 Å². The number of ether oxygens (including phenoxy) is 3. The van der Waals surface area contributed by atoms with Gasteiger partial charge in [-0.3, -0.25) is 12.9 Å². The van der Waals surface area contributed by atoms with Gasteiger partial charge in [0.1, 0.15) is 51.8 Å². The number of hydrogen-bond acceptors (Lipinski definition) is 18. The van der Waals surface area contributed by atoms with Crippen molar-refractivity contribution in [2.45, 2.75) is 67.4 Å². The molecule has 21 nitrogen and oxygen atoms in total. The lowest BCUT2D eigenvalue weighted by molar-refractivity contribution is -0.0606. The van der Waals surface area contributed by atoms with E-state index in [0.717, 1.165) is 90.5 Å². The average molecular weight is 1240 g/mol. The van der Waals surface area contributed by atoms with Gasteiger partial charge in [0.05, 0.1) is 19.6 Å². The van der Waals surface area contributed by atoms with Crippen LogP contribution in [0.25, 0.3) is 0 Å². The zero-order valence-corrected chi connectivity index (χ0v) is 46.2. The molecule has 0 saturated heterocycles. The highest BCUT2D eigenvalue weighted by Crippen LogP contribution is 2.28. The van der Waals surface area contributed by atoms with Gasteiger partial charge in [0.2, 0.25) is 0 Å². The van der Waals surface area contributed by atoms with Crippen LogP contribution >= 0.6 is 0 Å². The van der Waals surface area contributed by atoms with Crippen molar-refractivity contribution < 1.29 is 83.0 Å². The molecule has 0 bridgehead atoms. The van der Waals surface area contributed by atoms with Gasteiger partial charge in [-0.15, -0.1) is 0 Å². The lowest BCUT2D eigenvalue weighted by Gasteiger charge is -2.16. The molecule has 0 aliphatic heterocycles. The standard InChI is InChI=1S/C53H45F7N6O15S3/c1-34-4-22-43(23-5-34)82(70,71)79-61-46(52(55,56)57)37-10-16-40(17-11-37)76-31-28-64-49(67)65(29-32-77-41-18-12-38(13-19-41)47(53(58,59)60)62-80-83(72,73)44-24-6-35(2)7-25-44)51(69)66(50(64)68)30-33-78-42-20-14-39(15-21-42)48(54)63-81-84(74,75)45-26-8-36(3)9-27-45/h4-27H,28-33H2,1-3H3. The van der Waals surface area contributed by atoms with Crippen LogP contribution in [0.4, 0.5) is 30.7 Å². The molecule has 0 spiro atoms. The van der Waals surface area contributed by atoms with E-state index in [9.17, 15) is 70.4 Å². The van der Waals surface area contributed by atoms with Crippen molar-refractivity contribution in [3.05, 3.63) is 210 Å². The number of aryl methyl sites for hydroxylation is 3. The van der Waals surface area contributed by atoms with E-state index in [1.165, 1.54) is 60.7 Å².